The van der Waals surface area contributed by atoms with Crippen molar-refractivity contribution in [3.8, 4) is 12.3 Å². The molecule has 1 aliphatic heterocycles. The van der Waals surface area contributed by atoms with Crippen molar-refractivity contribution in [3.05, 3.63) is 70.2 Å². The standard InChI is InChI=1S/C24H27ClN2O3/c1-3-11-29-17-21(28)15-27(14-19-8-6-9-20(25)12-19)16-22-13-24(26-30-22)23-10-5-4-7-18(23)2/h1,4-10,12,21-22,28H,11,13-17H2,2H3/t21-,22+/m1/s1. The molecule has 0 saturated carbocycles. The molecule has 3 rings (SSSR count). The number of hydrogen-bond donors (Lipinski definition) is 1. The Kier molecular flexibility index (Phi) is 8.30. The third-order valence-corrected chi connectivity index (χ3v) is 5.15. The lowest BCUT2D eigenvalue weighted by atomic mass is 10.00. The summed E-state index contributed by atoms with van der Waals surface area (Å²) < 4.78 is 5.29. The van der Waals surface area contributed by atoms with Crippen LogP contribution in [0.1, 0.15) is 23.1 Å². The van der Waals surface area contributed by atoms with Crippen molar-refractivity contribution in [2.45, 2.75) is 32.1 Å². The number of oxime groups is 1. The van der Waals surface area contributed by atoms with Crippen molar-refractivity contribution >= 4 is 17.3 Å². The monoisotopic (exact) mass is 426 g/mol. The Bertz CT molecular complexity index is 909. The highest BCUT2D eigenvalue weighted by atomic mass is 35.5. The lowest BCUT2D eigenvalue weighted by molar-refractivity contribution is 0.00419. The smallest absolute Gasteiger partial charge is 0.145 e. The van der Waals surface area contributed by atoms with E-state index >= 15 is 0 Å². The average Bonchev–Trinajstić information content (AvgIpc) is 3.16. The minimum absolute atomic E-state index is 0.0855. The van der Waals surface area contributed by atoms with E-state index in [0.29, 0.717) is 24.7 Å². The molecule has 1 N–H and O–H groups in total. The van der Waals surface area contributed by atoms with Crippen molar-refractivity contribution in [3.63, 3.8) is 0 Å². The van der Waals surface area contributed by atoms with E-state index in [-0.39, 0.29) is 19.3 Å². The Morgan fingerprint density at radius 2 is 2.17 bits per heavy atom. The van der Waals surface area contributed by atoms with Gasteiger partial charge in [-0.05, 0) is 30.2 Å². The van der Waals surface area contributed by atoms with Crippen LogP contribution in [0.15, 0.2) is 53.7 Å². The average molecular weight is 427 g/mol. The Labute approximate surface area is 183 Å². The van der Waals surface area contributed by atoms with E-state index in [0.717, 1.165) is 23.3 Å². The van der Waals surface area contributed by atoms with Crippen LogP contribution in [0.25, 0.3) is 0 Å². The summed E-state index contributed by atoms with van der Waals surface area (Å²) in [5.74, 6) is 2.41. The van der Waals surface area contributed by atoms with Crippen molar-refractivity contribution in [2.24, 2.45) is 5.16 Å². The predicted octanol–water partition coefficient (Wildman–Crippen LogP) is 3.65. The van der Waals surface area contributed by atoms with E-state index in [1.807, 2.05) is 36.4 Å². The molecular weight excluding hydrogens is 400 g/mol. The Hall–Kier alpha value is -2.36. The number of rotatable bonds is 10. The lowest BCUT2D eigenvalue weighted by Gasteiger charge is -2.27. The van der Waals surface area contributed by atoms with Gasteiger partial charge in [-0.1, -0.05) is 59.1 Å². The van der Waals surface area contributed by atoms with E-state index < -0.39 is 6.10 Å². The topological polar surface area (TPSA) is 54.3 Å². The second kappa shape index (κ2) is 11.1. The van der Waals surface area contributed by atoms with Crippen LogP contribution in [0.5, 0.6) is 0 Å². The van der Waals surface area contributed by atoms with Crippen molar-refractivity contribution in [1.82, 2.24) is 4.90 Å². The molecule has 0 saturated heterocycles. The molecule has 0 amide bonds. The highest BCUT2D eigenvalue weighted by molar-refractivity contribution is 6.30. The first kappa shape index (κ1) is 22.3. The number of aliphatic hydroxyl groups excluding tert-OH is 1. The highest BCUT2D eigenvalue weighted by Gasteiger charge is 2.26. The zero-order chi connectivity index (χ0) is 21.3. The van der Waals surface area contributed by atoms with Crippen molar-refractivity contribution in [1.29, 1.82) is 0 Å². The number of terminal acetylenes is 1. The molecule has 6 heteroatoms. The second-order valence-electron chi connectivity index (χ2n) is 7.48. The summed E-state index contributed by atoms with van der Waals surface area (Å²) in [6, 6.07) is 15.9. The number of halogens is 1. The Balaban J connectivity index is 1.63. The normalized spacial score (nSPS) is 16.8. The van der Waals surface area contributed by atoms with Crippen LogP contribution in [-0.4, -0.2) is 54.2 Å². The van der Waals surface area contributed by atoms with Crippen LogP contribution in [0.2, 0.25) is 5.02 Å². The third kappa shape index (κ3) is 6.58. The van der Waals surface area contributed by atoms with Gasteiger partial charge in [0.05, 0.1) is 18.4 Å². The zero-order valence-corrected chi connectivity index (χ0v) is 17.9. The fraction of sp³-hybridized carbons (Fsp3) is 0.375. The SMILES string of the molecule is C#CCOC[C@H](O)CN(Cc1cccc(Cl)c1)C[C@@H]1CC(c2ccccc2C)=NO1. The third-order valence-electron chi connectivity index (χ3n) is 4.91. The molecule has 1 heterocycles. The number of ether oxygens (including phenoxy) is 1. The van der Waals surface area contributed by atoms with Gasteiger partial charge in [-0.2, -0.15) is 0 Å². The van der Waals surface area contributed by atoms with Gasteiger partial charge >= 0.3 is 0 Å². The van der Waals surface area contributed by atoms with Crippen LogP contribution in [-0.2, 0) is 16.1 Å². The first-order valence-corrected chi connectivity index (χ1v) is 10.4. The van der Waals surface area contributed by atoms with Gasteiger partial charge in [-0.25, -0.2) is 0 Å². The zero-order valence-electron chi connectivity index (χ0n) is 17.1. The summed E-state index contributed by atoms with van der Waals surface area (Å²) in [6.07, 6.45) is 5.18. The van der Waals surface area contributed by atoms with Gasteiger partial charge in [0.15, 0.2) is 0 Å². The Morgan fingerprint density at radius 1 is 1.33 bits per heavy atom. The number of benzene rings is 2. The quantitative estimate of drug-likeness (QED) is 0.465. The lowest BCUT2D eigenvalue weighted by Crippen LogP contribution is -2.39. The van der Waals surface area contributed by atoms with E-state index in [4.69, 9.17) is 27.6 Å². The van der Waals surface area contributed by atoms with E-state index in [1.165, 1.54) is 5.56 Å². The maximum absolute atomic E-state index is 10.4. The van der Waals surface area contributed by atoms with Gasteiger partial charge < -0.3 is 14.7 Å². The molecule has 0 bridgehead atoms. The van der Waals surface area contributed by atoms with Crippen LogP contribution >= 0.6 is 11.6 Å². The Morgan fingerprint density at radius 3 is 2.93 bits per heavy atom. The molecular formula is C24H27ClN2O3. The van der Waals surface area contributed by atoms with Gasteiger partial charge in [0, 0.05) is 36.6 Å². The van der Waals surface area contributed by atoms with E-state index in [2.05, 4.69) is 35.0 Å². The van der Waals surface area contributed by atoms with Gasteiger partial charge in [0.1, 0.15) is 12.7 Å². The molecule has 2 atom stereocenters. The molecule has 158 valence electrons. The highest BCUT2D eigenvalue weighted by Crippen LogP contribution is 2.21. The van der Waals surface area contributed by atoms with Gasteiger partial charge in [0.25, 0.3) is 0 Å². The summed E-state index contributed by atoms with van der Waals surface area (Å²) in [4.78, 5) is 7.86. The predicted molar refractivity (Wildman–Crippen MR) is 120 cm³/mol. The van der Waals surface area contributed by atoms with Crippen molar-refractivity contribution < 1.29 is 14.7 Å². The molecule has 0 spiro atoms. The van der Waals surface area contributed by atoms with Gasteiger partial charge in [-0.15, -0.1) is 6.42 Å². The van der Waals surface area contributed by atoms with Gasteiger partial charge in [-0.3, -0.25) is 4.90 Å². The van der Waals surface area contributed by atoms with E-state index in [1.54, 1.807) is 0 Å². The van der Waals surface area contributed by atoms with Crippen LogP contribution in [0, 0.1) is 19.3 Å². The fourth-order valence-corrected chi connectivity index (χ4v) is 3.78. The molecule has 2 aromatic carbocycles. The second-order valence-corrected chi connectivity index (χ2v) is 7.92. The van der Waals surface area contributed by atoms with E-state index in [9.17, 15) is 5.11 Å². The molecule has 0 aromatic heterocycles. The van der Waals surface area contributed by atoms with Crippen LogP contribution < -0.4 is 0 Å². The summed E-state index contributed by atoms with van der Waals surface area (Å²) in [7, 11) is 0. The molecule has 0 unspecified atom stereocenters. The van der Waals surface area contributed by atoms with Crippen molar-refractivity contribution in [2.75, 3.05) is 26.3 Å². The fourth-order valence-electron chi connectivity index (χ4n) is 3.57. The number of hydrogen-bond acceptors (Lipinski definition) is 5. The van der Waals surface area contributed by atoms with Crippen LogP contribution in [0.3, 0.4) is 0 Å². The molecule has 30 heavy (non-hydrogen) atoms. The molecule has 0 fully saturated rings. The molecule has 0 radical (unpaired) electrons. The van der Waals surface area contributed by atoms with Gasteiger partial charge in [0.2, 0.25) is 0 Å². The maximum Gasteiger partial charge on any atom is 0.145 e. The molecule has 1 aliphatic rings. The first-order valence-electron chi connectivity index (χ1n) is 10.00. The summed E-state index contributed by atoms with van der Waals surface area (Å²) in [6.45, 7) is 4.13. The summed E-state index contributed by atoms with van der Waals surface area (Å²) in [5, 5.41) is 15.4. The number of nitrogens with zero attached hydrogens (tertiary/aromatic N) is 2. The number of aliphatic hydroxyl groups is 1. The first-order chi connectivity index (χ1) is 14.5. The van der Waals surface area contributed by atoms with Crippen LogP contribution in [0.4, 0.5) is 0 Å². The summed E-state index contributed by atoms with van der Waals surface area (Å²) in [5.41, 5.74) is 4.32. The largest absolute Gasteiger partial charge is 0.390 e. The molecule has 0 aliphatic carbocycles. The molecule has 2 aromatic rings. The minimum Gasteiger partial charge on any atom is -0.390 e. The summed E-state index contributed by atoms with van der Waals surface area (Å²) >= 11 is 6.14. The number of aryl methyl sites for hydroxylation is 1. The maximum atomic E-state index is 10.4. The minimum atomic E-state index is -0.657. The molecule has 5 nitrogen and oxygen atoms in total.